The predicted molar refractivity (Wildman–Crippen MR) is 138 cm³/mol. The molecule has 4 N–H and O–H groups in total. The molecule has 0 aliphatic heterocycles. The molecule has 36 heavy (non-hydrogen) atoms. The van der Waals surface area contributed by atoms with E-state index in [2.05, 4.69) is 13.8 Å². The van der Waals surface area contributed by atoms with Gasteiger partial charge in [-0.15, -0.1) is 0 Å². The quantitative estimate of drug-likeness (QED) is 0.295. The third-order valence-electron chi connectivity index (χ3n) is 11.1. The molecule has 5 rings (SSSR count). The van der Waals surface area contributed by atoms with Crippen LogP contribution in [0.5, 0.6) is 0 Å². The minimum absolute atomic E-state index is 0.0378. The Morgan fingerprint density at radius 2 is 1.89 bits per heavy atom. The summed E-state index contributed by atoms with van der Waals surface area (Å²) in [5.74, 6) is 7.86. The number of nitrogen functional groups attached to an aromatic ring is 1. The average Bonchev–Trinajstić information content (AvgIpc) is 3.16. The number of rotatable bonds is 6. The van der Waals surface area contributed by atoms with Crippen LogP contribution in [0.15, 0.2) is 12.1 Å². The van der Waals surface area contributed by atoms with Gasteiger partial charge in [0.2, 0.25) is 0 Å². The first-order valence-corrected chi connectivity index (χ1v) is 13.9. The van der Waals surface area contributed by atoms with Crippen LogP contribution in [0.3, 0.4) is 0 Å². The van der Waals surface area contributed by atoms with Crippen LogP contribution < -0.4 is 16.6 Å². The monoisotopic (exact) mass is 503 g/mol. The topological polar surface area (TPSA) is 81.6 Å². The summed E-state index contributed by atoms with van der Waals surface area (Å²) in [4.78, 5) is 13.6. The van der Waals surface area contributed by atoms with Crippen LogP contribution in [0.2, 0.25) is 0 Å². The number of carbonyl (C=O) groups excluding carboxylic acids is 1. The minimum Gasteiger partial charge on any atom is -0.397 e. The Hall–Kier alpha value is -1.73. The number of anilines is 2. The van der Waals surface area contributed by atoms with Crippen molar-refractivity contribution < 1.29 is 18.3 Å². The Morgan fingerprint density at radius 3 is 2.61 bits per heavy atom. The van der Waals surface area contributed by atoms with E-state index in [9.17, 15) is 13.6 Å². The van der Waals surface area contributed by atoms with Crippen LogP contribution >= 0.6 is 0 Å². The average molecular weight is 504 g/mol. The number of ketones is 1. The number of nitrogens with two attached hydrogens (primary N) is 2. The van der Waals surface area contributed by atoms with Gasteiger partial charge in [0.1, 0.15) is 11.5 Å². The van der Waals surface area contributed by atoms with Crippen molar-refractivity contribution in [3.05, 3.63) is 23.8 Å². The van der Waals surface area contributed by atoms with Gasteiger partial charge in [-0.05, 0) is 97.9 Å². The molecule has 5 nitrogen and oxygen atoms in total. The second-order valence-electron chi connectivity index (χ2n) is 12.8. The molecular formula is C29H43F2N3O2. The molecule has 4 saturated carbocycles. The summed E-state index contributed by atoms with van der Waals surface area (Å²) in [5, 5.41) is 1.07. The number of hydrazine groups is 1. The predicted octanol–water partition coefficient (Wildman–Crippen LogP) is 5.72. The summed E-state index contributed by atoms with van der Waals surface area (Å²) >= 11 is 0. The van der Waals surface area contributed by atoms with Crippen molar-refractivity contribution in [1.82, 2.24) is 0 Å². The van der Waals surface area contributed by atoms with Crippen molar-refractivity contribution >= 4 is 17.2 Å². The molecule has 8 unspecified atom stereocenters. The molecule has 0 radical (unpaired) electrons. The maximum absolute atomic E-state index is 14.4. The second kappa shape index (κ2) is 9.54. The van der Waals surface area contributed by atoms with Crippen LogP contribution in [0.25, 0.3) is 0 Å². The summed E-state index contributed by atoms with van der Waals surface area (Å²) in [6.45, 7) is 5.46. The van der Waals surface area contributed by atoms with E-state index in [1.807, 2.05) is 7.11 Å². The summed E-state index contributed by atoms with van der Waals surface area (Å²) in [6, 6.07) is 1.79. The Bertz CT molecular complexity index is 982. The number of fused-ring (bicyclic) bond motifs is 5. The third-order valence-corrected chi connectivity index (χ3v) is 11.1. The smallest absolute Gasteiger partial charge is 0.157 e. The van der Waals surface area contributed by atoms with Crippen LogP contribution in [-0.4, -0.2) is 26.0 Å². The van der Waals surface area contributed by atoms with E-state index in [-0.39, 0.29) is 35.0 Å². The number of halogens is 2. The van der Waals surface area contributed by atoms with Crippen molar-refractivity contribution in [2.75, 3.05) is 31.0 Å². The number of methoxy groups -OCH3 is 1. The standard InChI is InChI=1S/C29H43F2N3O2/c1-17-8-11-29(16-36-3)18(12-17)4-5-20-21-6-7-23(28(21,2)10-9-22(20)29)26(35)15-34(33)27-24(31)13-19(30)14-25(27)32/h13-14,17-18,20-23H,4-12,15-16,32-33H2,1-3H3. The molecule has 1 aromatic rings. The van der Waals surface area contributed by atoms with Crippen LogP contribution in [-0.2, 0) is 9.53 Å². The number of hydrogen-bond donors (Lipinski definition) is 2. The Morgan fingerprint density at radius 1 is 1.11 bits per heavy atom. The number of Topliss-reactive ketones (excluding diaryl/α,β-unsaturated/α-hetero) is 1. The maximum atomic E-state index is 14.4. The molecule has 200 valence electrons. The van der Waals surface area contributed by atoms with Gasteiger partial charge in [-0.2, -0.15) is 0 Å². The zero-order chi connectivity index (χ0) is 25.8. The van der Waals surface area contributed by atoms with E-state index in [1.165, 1.54) is 32.1 Å². The van der Waals surface area contributed by atoms with Crippen molar-refractivity contribution in [3.8, 4) is 0 Å². The summed E-state index contributed by atoms with van der Waals surface area (Å²) < 4.78 is 33.8. The fourth-order valence-corrected chi connectivity index (χ4v) is 9.59. The van der Waals surface area contributed by atoms with E-state index in [0.29, 0.717) is 23.2 Å². The van der Waals surface area contributed by atoms with E-state index < -0.39 is 11.6 Å². The molecule has 8 atom stereocenters. The molecule has 1 aromatic carbocycles. The maximum Gasteiger partial charge on any atom is 0.157 e. The van der Waals surface area contributed by atoms with Crippen LogP contribution in [0.1, 0.15) is 71.6 Å². The molecule has 0 amide bonds. The number of benzene rings is 1. The first kappa shape index (κ1) is 25.9. The van der Waals surface area contributed by atoms with Gasteiger partial charge >= 0.3 is 0 Å². The molecule has 4 fully saturated rings. The lowest BCUT2D eigenvalue weighted by molar-refractivity contribution is -0.154. The molecule has 4 aliphatic rings. The van der Waals surface area contributed by atoms with Crippen LogP contribution in [0, 0.1) is 58.0 Å². The number of nitrogens with zero attached hydrogens (tertiary/aromatic N) is 1. The molecular weight excluding hydrogens is 460 g/mol. The molecule has 4 aliphatic carbocycles. The van der Waals surface area contributed by atoms with E-state index >= 15 is 0 Å². The van der Waals surface area contributed by atoms with Gasteiger partial charge in [0, 0.05) is 19.1 Å². The molecule has 0 aromatic heterocycles. The molecule has 7 heteroatoms. The van der Waals surface area contributed by atoms with Crippen molar-refractivity contribution in [2.45, 2.75) is 71.6 Å². The third kappa shape index (κ3) is 4.05. The number of ether oxygens (including phenoxy) is 1. The Labute approximate surface area is 214 Å². The van der Waals surface area contributed by atoms with Crippen molar-refractivity contribution in [3.63, 3.8) is 0 Å². The highest BCUT2D eigenvalue weighted by Crippen LogP contribution is 2.68. The van der Waals surface area contributed by atoms with Crippen molar-refractivity contribution in [2.24, 2.45) is 52.2 Å². The van der Waals surface area contributed by atoms with Gasteiger partial charge in [0.25, 0.3) is 0 Å². The van der Waals surface area contributed by atoms with Crippen LogP contribution in [0.4, 0.5) is 20.2 Å². The lowest BCUT2D eigenvalue weighted by atomic mass is 9.44. The molecule has 0 saturated heterocycles. The van der Waals surface area contributed by atoms with Gasteiger partial charge < -0.3 is 10.5 Å². The molecule has 0 spiro atoms. The minimum atomic E-state index is -0.846. The normalized spacial score (nSPS) is 39.7. The largest absolute Gasteiger partial charge is 0.397 e. The lowest BCUT2D eigenvalue weighted by Gasteiger charge is -2.62. The molecule has 0 bridgehead atoms. The van der Waals surface area contributed by atoms with E-state index in [1.54, 1.807) is 0 Å². The van der Waals surface area contributed by atoms with Gasteiger partial charge in [0.05, 0.1) is 18.8 Å². The zero-order valence-corrected chi connectivity index (χ0v) is 22.1. The van der Waals surface area contributed by atoms with Gasteiger partial charge in [0.15, 0.2) is 11.6 Å². The fraction of sp³-hybridized carbons (Fsp3) is 0.759. The highest BCUT2D eigenvalue weighted by atomic mass is 19.1. The van der Waals surface area contributed by atoms with Gasteiger partial charge in [-0.1, -0.05) is 20.3 Å². The molecule has 0 heterocycles. The first-order valence-electron chi connectivity index (χ1n) is 13.9. The second-order valence-corrected chi connectivity index (χ2v) is 12.8. The fourth-order valence-electron chi connectivity index (χ4n) is 9.59. The first-order chi connectivity index (χ1) is 17.1. The van der Waals surface area contributed by atoms with Crippen molar-refractivity contribution in [1.29, 1.82) is 0 Å². The highest BCUT2D eigenvalue weighted by molar-refractivity contribution is 5.87. The number of hydrogen-bond acceptors (Lipinski definition) is 5. The summed E-state index contributed by atoms with van der Waals surface area (Å²) in [5.41, 5.74) is 5.86. The summed E-state index contributed by atoms with van der Waals surface area (Å²) in [7, 11) is 1.86. The Balaban J connectivity index is 1.34. The summed E-state index contributed by atoms with van der Waals surface area (Å²) in [6.07, 6.45) is 10.5. The SMILES string of the molecule is COCC12CCC(C)CC1CCC1C3CCC(C(=O)CN(N)c4c(N)cc(F)cc4F)C3(C)CCC12. The lowest BCUT2D eigenvalue weighted by Crippen LogP contribution is -2.56. The van der Waals surface area contributed by atoms with Gasteiger partial charge in [-0.25, -0.2) is 14.6 Å². The highest BCUT2D eigenvalue weighted by Gasteiger charge is 2.62. The zero-order valence-electron chi connectivity index (χ0n) is 22.1. The van der Waals surface area contributed by atoms with E-state index in [4.69, 9.17) is 16.3 Å². The number of carbonyl (C=O) groups is 1. The van der Waals surface area contributed by atoms with E-state index in [0.717, 1.165) is 61.3 Å². The Kier molecular flexibility index (Phi) is 6.86. The van der Waals surface area contributed by atoms with Gasteiger partial charge in [-0.3, -0.25) is 9.80 Å².